The molecule has 0 radical (unpaired) electrons. The van der Waals surface area contributed by atoms with Crippen LogP contribution in [0.15, 0.2) is 34.5 Å². The van der Waals surface area contributed by atoms with Crippen LogP contribution in [0.25, 0.3) is 0 Å². The van der Waals surface area contributed by atoms with Gasteiger partial charge in [0.1, 0.15) is 0 Å². The summed E-state index contributed by atoms with van der Waals surface area (Å²) in [6.07, 6.45) is 3.32. The molecule has 0 spiro atoms. The summed E-state index contributed by atoms with van der Waals surface area (Å²) >= 11 is 0. The topological polar surface area (TPSA) is 54.7 Å². The summed E-state index contributed by atoms with van der Waals surface area (Å²) in [6.45, 7) is 1.77. The monoisotopic (exact) mass is 209 g/mol. The van der Waals surface area contributed by atoms with Crippen molar-refractivity contribution >= 4 is 29.9 Å². The van der Waals surface area contributed by atoms with Gasteiger partial charge < -0.3 is 0 Å². The van der Waals surface area contributed by atoms with E-state index in [4.69, 9.17) is 0 Å². The Bertz CT molecular complexity index is 411. The number of hydrogen-bond donors (Lipinski definition) is 0. The van der Waals surface area contributed by atoms with Crippen LogP contribution in [0.1, 0.15) is 12.5 Å². The van der Waals surface area contributed by atoms with Gasteiger partial charge in [0, 0.05) is 18.0 Å². The maximum Gasteiger partial charge on any atom is 0.367 e. The second kappa shape index (κ2) is 4.11. The minimum atomic E-state index is -0.427. The Morgan fingerprint density at radius 1 is 1.14 bits per heavy atom. The van der Waals surface area contributed by atoms with E-state index < -0.39 is 6.03 Å². The lowest BCUT2D eigenvalue weighted by atomic mass is 10.1. The zero-order chi connectivity index (χ0) is 9.26. The first-order valence-electron chi connectivity index (χ1n) is 3.86. The molecule has 1 aromatic heterocycles. The van der Waals surface area contributed by atoms with Crippen molar-refractivity contribution in [2.45, 2.75) is 6.92 Å². The second-order valence-electron chi connectivity index (χ2n) is 2.68. The highest BCUT2D eigenvalue weighted by Crippen LogP contribution is 2.08. The van der Waals surface area contributed by atoms with Gasteiger partial charge in [0.25, 0.3) is 0 Å². The van der Waals surface area contributed by atoms with Gasteiger partial charge in [0.05, 0.1) is 11.4 Å². The molecule has 0 bridgehead atoms. The molecule has 2 rings (SSSR count). The van der Waals surface area contributed by atoms with Crippen LogP contribution >= 0.6 is 12.4 Å². The summed E-state index contributed by atoms with van der Waals surface area (Å²) < 4.78 is 0. The molecule has 2 amide bonds. The van der Waals surface area contributed by atoms with E-state index in [2.05, 4.69) is 15.0 Å². The number of urea groups is 1. The van der Waals surface area contributed by atoms with E-state index in [1.807, 2.05) is 0 Å². The van der Waals surface area contributed by atoms with Crippen LogP contribution < -0.4 is 0 Å². The smallest absolute Gasteiger partial charge is 0.265 e. The number of amides is 2. The van der Waals surface area contributed by atoms with Crippen molar-refractivity contribution in [3.8, 4) is 0 Å². The number of aliphatic imine (C=N–C) groups is 2. The van der Waals surface area contributed by atoms with Crippen molar-refractivity contribution in [3.63, 3.8) is 0 Å². The zero-order valence-corrected chi connectivity index (χ0v) is 8.28. The lowest BCUT2D eigenvalue weighted by molar-refractivity contribution is 0.257. The maximum atomic E-state index is 10.8. The normalized spacial score (nSPS) is 14.5. The van der Waals surface area contributed by atoms with Gasteiger partial charge in [-0.15, -0.1) is 12.4 Å². The van der Waals surface area contributed by atoms with Gasteiger partial charge in [-0.25, -0.2) is 4.79 Å². The molecule has 0 saturated carbocycles. The molecule has 0 aromatic carbocycles. The third-order valence-electron chi connectivity index (χ3n) is 1.77. The number of halogens is 1. The van der Waals surface area contributed by atoms with E-state index in [-0.39, 0.29) is 12.4 Å². The Morgan fingerprint density at radius 2 is 1.79 bits per heavy atom. The van der Waals surface area contributed by atoms with Crippen LogP contribution in [0.5, 0.6) is 0 Å². The first kappa shape index (κ1) is 10.5. The molecule has 14 heavy (non-hydrogen) atoms. The Morgan fingerprint density at radius 3 is 2.29 bits per heavy atom. The van der Waals surface area contributed by atoms with Gasteiger partial charge >= 0.3 is 6.03 Å². The molecule has 0 unspecified atom stereocenters. The highest BCUT2D eigenvalue weighted by molar-refractivity contribution is 6.52. The molecule has 72 valence electrons. The SMILES string of the molecule is CC1=NC(=O)N=C1c1ccncc1.Cl. The summed E-state index contributed by atoms with van der Waals surface area (Å²) in [5.41, 5.74) is 2.19. The van der Waals surface area contributed by atoms with Crippen LogP contribution in [0.2, 0.25) is 0 Å². The molecule has 0 atom stereocenters. The molecule has 5 heteroatoms. The Kier molecular flexibility index (Phi) is 3.09. The number of carbonyl (C=O) groups excluding carboxylic acids is 1. The largest absolute Gasteiger partial charge is 0.367 e. The van der Waals surface area contributed by atoms with E-state index in [1.165, 1.54) is 0 Å². The number of rotatable bonds is 1. The van der Waals surface area contributed by atoms with Crippen molar-refractivity contribution in [1.82, 2.24) is 4.98 Å². The van der Waals surface area contributed by atoms with Crippen molar-refractivity contribution in [1.29, 1.82) is 0 Å². The van der Waals surface area contributed by atoms with Crippen molar-refractivity contribution in [2.75, 3.05) is 0 Å². The van der Waals surface area contributed by atoms with E-state index in [9.17, 15) is 4.79 Å². The van der Waals surface area contributed by atoms with Crippen LogP contribution in [0, 0.1) is 0 Å². The molecule has 0 saturated heterocycles. The number of carbonyl (C=O) groups is 1. The van der Waals surface area contributed by atoms with Gasteiger partial charge in [-0.2, -0.15) is 9.98 Å². The summed E-state index contributed by atoms with van der Waals surface area (Å²) in [6, 6.07) is 3.18. The van der Waals surface area contributed by atoms with Gasteiger partial charge in [0.2, 0.25) is 0 Å². The third kappa shape index (κ3) is 1.85. The minimum absolute atomic E-state index is 0. The fourth-order valence-electron chi connectivity index (χ4n) is 1.18. The zero-order valence-electron chi connectivity index (χ0n) is 7.47. The van der Waals surface area contributed by atoms with Gasteiger partial charge in [-0.1, -0.05) is 0 Å². The van der Waals surface area contributed by atoms with Crippen LogP contribution in [-0.2, 0) is 0 Å². The fourth-order valence-corrected chi connectivity index (χ4v) is 1.18. The highest BCUT2D eigenvalue weighted by atomic mass is 35.5. The first-order valence-corrected chi connectivity index (χ1v) is 3.86. The highest BCUT2D eigenvalue weighted by Gasteiger charge is 2.16. The summed E-state index contributed by atoms with van der Waals surface area (Å²) in [4.78, 5) is 22.2. The van der Waals surface area contributed by atoms with Crippen LogP contribution in [0.4, 0.5) is 4.79 Å². The Balaban J connectivity index is 0.000000980. The molecule has 1 aliphatic rings. The lowest BCUT2D eigenvalue weighted by Crippen LogP contribution is -2.07. The van der Waals surface area contributed by atoms with Gasteiger partial charge in [0.15, 0.2) is 0 Å². The Labute approximate surface area is 87.2 Å². The first-order chi connectivity index (χ1) is 6.27. The van der Waals surface area contributed by atoms with Crippen molar-refractivity contribution < 1.29 is 4.79 Å². The predicted octanol–water partition coefficient (Wildman–Crippen LogP) is 1.89. The number of aromatic nitrogens is 1. The molecule has 4 nitrogen and oxygen atoms in total. The Hall–Kier alpha value is -1.55. The molecule has 2 heterocycles. The fraction of sp³-hybridized carbons (Fsp3) is 0.111. The quantitative estimate of drug-likeness (QED) is 0.709. The van der Waals surface area contributed by atoms with Gasteiger partial charge in [-0.05, 0) is 19.1 Å². The number of hydrogen-bond acceptors (Lipinski definition) is 2. The van der Waals surface area contributed by atoms with E-state index in [1.54, 1.807) is 31.5 Å². The average Bonchev–Trinajstić information content (AvgIpc) is 2.47. The number of nitrogens with zero attached hydrogens (tertiary/aromatic N) is 3. The third-order valence-corrected chi connectivity index (χ3v) is 1.77. The minimum Gasteiger partial charge on any atom is -0.265 e. The summed E-state index contributed by atoms with van der Waals surface area (Å²) in [7, 11) is 0. The summed E-state index contributed by atoms with van der Waals surface area (Å²) in [5, 5.41) is 0. The van der Waals surface area contributed by atoms with Crippen molar-refractivity contribution in [2.24, 2.45) is 9.98 Å². The molecule has 1 aliphatic heterocycles. The maximum absolute atomic E-state index is 10.8. The molecular weight excluding hydrogens is 202 g/mol. The van der Waals surface area contributed by atoms with Crippen LogP contribution in [0.3, 0.4) is 0 Å². The summed E-state index contributed by atoms with van der Waals surface area (Å²) in [5.74, 6) is 0. The standard InChI is InChI=1S/C9H7N3O.ClH/c1-6-8(12-9(13)11-6)7-2-4-10-5-3-7;/h2-5H,1H3;1H. The number of pyridine rings is 1. The second-order valence-corrected chi connectivity index (χ2v) is 2.68. The molecular formula is C9H8ClN3O. The molecule has 0 fully saturated rings. The van der Waals surface area contributed by atoms with Crippen LogP contribution in [-0.4, -0.2) is 22.4 Å². The molecule has 1 aromatic rings. The van der Waals surface area contributed by atoms with E-state index in [0.717, 1.165) is 5.56 Å². The molecule has 0 N–H and O–H groups in total. The molecule has 0 aliphatic carbocycles. The average molecular weight is 210 g/mol. The van der Waals surface area contributed by atoms with E-state index >= 15 is 0 Å². The lowest BCUT2D eigenvalue weighted by Gasteiger charge is -1.97. The van der Waals surface area contributed by atoms with Gasteiger partial charge in [-0.3, -0.25) is 4.98 Å². The predicted molar refractivity (Wildman–Crippen MR) is 56.5 cm³/mol. The van der Waals surface area contributed by atoms with Crippen molar-refractivity contribution in [3.05, 3.63) is 30.1 Å². The van der Waals surface area contributed by atoms with E-state index in [0.29, 0.717) is 11.4 Å².